The van der Waals surface area contributed by atoms with E-state index < -0.39 is 0 Å². The number of guanidine groups is 1. The Bertz CT molecular complexity index is 397. The standard InChI is InChI=1S/C18H38N6O.HI/c1-5-19-18(21-15-17(3)24-10-12-25-13-11-24)20-14-16(2)23-8-6-22(4)7-9-23;/h16-17H,5-15H2,1-4H3,(H2,19,20,21);1H. The minimum absolute atomic E-state index is 0. The predicted molar refractivity (Wildman–Crippen MR) is 120 cm³/mol. The third-order valence-electron chi connectivity index (χ3n) is 5.25. The summed E-state index contributed by atoms with van der Waals surface area (Å²) in [5, 5.41) is 6.90. The zero-order valence-corrected chi connectivity index (χ0v) is 19.4. The molecule has 2 aliphatic heterocycles. The van der Waals surface area contributed by atoms with Crippen molar-refractivity contribution in [3.05, 3.63) is 0 Å². The van der Waals surface area contributed by atoms with E-state index in [2.05, 4.69) is 53.2 Å². The van der Waals surface area contributed by atoms with Crippen molar-refractivity contribution in [1.29, 1.82) is 0 Å². The SMILES string of the molecule is CCNC(=NCC(C)N1CCOCC1)NCC(C)N1CCN(C)CC1.I. The van der Waals surface area contributed by atoms with E-state index in [0.29, 0.717) is 12.1 Å². The van der Waals surface area contributed by atoms with Gasteiger partial charge >= 0.3 is 0 Å². The predicted octanol–water partition coefficient (Wildman–Crippen LogP) is 0.516. The second kappa shape index (κ2) is 13.1. The van der Waals surface area contributed by atoms with E-state index in [4.69, 9.17) is 9.73 Å². The van der Waals surface area contributed by atoms with Crippen LogP contribution in [0.5, 0.6) is 0 Å². The fourth-order valence-corrected chi connectivity index (χ4v) is 3.34. The van der Waals surface area contributed by atoms with Crippen molar-refractivity contribution in [2.24, 2.45) is 4.99 Å². The number of nitrogens with one attached hydrogen (secondary N) is 2. The van der Waals surface area contributed by atoms with Gasteiger partial charge in [0.15, 0.2) is 5.96 Å². The van der Waals surface area contributed by atoms with E-state index in [1.807, 2.05) is 0 Å². The first-order chi connectivity index (χ1) is 12.1. The van der Waals surface area contributed by atoms with Crippen LogP contribution < -0.4 is 10.6 Å². The second-order valence-corrected chi connectivity index (χ2v) is 7.29. The third kappa shape index (κ3) is 8.24. The smallest absolute Gasteiger partial charge is 0.191 e. The average Bonchev–Trinajstić information content (AvgIpc) is 2.64. The van der Waals surface area contributed by atoms with E-state index in [1.54, 1.807) is 0 Å². The summed E-state index contributed by atoms with van der Waals surface area (Å²) in [6, 6.07) is 0.976. The Morgan fingerprint density at radius 3 is 2.19 bits per heavy atom. The summed E-state index contributed by atoms with van der Waals surface area (Å²) < 4.78 is 5.43. The lowest BCUT2D eigenvalue weighted by Crippen LogP contribution is -2.52. The first kappa shape index (κ1) is 23.9. The Kier molecular flexibility index (Phi) is 12.0. The van der Waals surface area contributed by atoms with Gasteiger partial charge in [0.05, 0.1) is 19.8 Å². The van der Waals surface area contributed by atoms with Crippen molar-refractivity contribution in [3.8, 4) is 0 Å². The molecule has 0 bridgehead atoms. The highest BCUT2D eigenvalue weighted by atomic mass is 127. The summed E-state index contributed by atoms with van der Waals surface area (Å²) in [7, 11) is 2.20. The number of piperazine rings is 1. The monoisotopic (exact) mass is 482 g/mol. The minimum atomic E-state index is 0. The molecule has 0 spiro atoms. The lowest BCUT2D eigenvalue weighted by Gasteiger charge is -2.36. The quantitative estimate of drug-likeness (QED) is 0.314. The number of morpholine rings is 1. The van der Waals surface area contributed by atoms with Crippen molar-refractivity contribution < 1.29 is 4.74 Å². The fraction of sp³-hybridized carbons (Fsp3) is 0.944. The summed E-state index contributed by atoms with van der Waals surface area (Å²) in [4.78, 5) is 12.2. The summed E-state index contributed by atoms with van der Waals surface area (Å²) in [6.45, 7) is 17.7. The molecule has 0 aliphatic carbocycles. The summed E-state index contributed by atoms with van der Waals surface area (Å²) >= 11 is 0. The number of aliphatic imine (C=N–C) groups is 1. The van der Waals surface area contributed by atoms with Crippen LogP contribution in [0.25, 0.3) is 0 Å². The maximum absolute atomic E-state index is 5.43. The Morgan fingerprint density at radius 2 is 1.58 bits per heavy atom. The van der Waals surface area contributed by atoms with Crippen LogP contribution in [0.1, 0.15) is 20.8 Å². The number of ether oxygens (including phenoxy) is 1. The lowest BCUT2D eigenvalue weighted by molar-refractivity contribution is 0.0220. The van der Waals surface area contributed by atoms with Crippen LogP contribution in [-0.4, -0.2) is 112 Å². The van der Waals surface area contributed by atoms with Crippen LogP contribution in [-0.2, 0) is 4.74 Å². The average molecular weight is 482 g/mol. The van der Waals surface area contributed by atoms with Crippen molar-refractivity contribution >= 4 is 29.9 Å². The molecule has 154 valence electrons. The van der Waals surface area contributed by atoms with Crippen LogP contribution in [0.3, 0.4) is 0 Å². The summed E-state index contributed by atoms with van der Waals surface area (Å²) in [5.41, 5.74) is 0. The summed E-state index contributed by atoms with van der Waals surface area (Å²) in [6.07, 6.45) is 0. The number of nitrogens with zero attached hydrogens (tertiary/aromatic N) is 4. The molecule has 2 rings (SSSR count). The molecule has 0 aromatic heterocycles. The number of hydrogen-bond acceptors (Lipinski definition) is 5. The van der Waals surface area contributed by atoms with E-state index in [1.165, 1.54) is 0 Å². The Balaban J connectivity index is 0.00000338. The fourth-order valence-electron chi connectivity index (χ4n) is 3.34. The van der Waals surface area contributed by atoms with E-state index in [-0.39, 0.29) is 24.0 Å². The van der Waals surface area contributed by atoms with Gasteiger partial charge in [-0.2, -0.15) is 0 Å². The highest BCUT2D eigenvalue weighted by Gasteiger charge is 2.19. The molecule has 2 heterocycles. The highest BCUT2D eigenvalue weighted by Crippen LogP contribution is 2.05. The van der Waals surface area contributed by atoms with Gasteiger partial charge in [-0.25, -0.2) is 0 Å². The van der Waals surface area contributed by atoms with Gasteiger partial charge in [0.25, 0.3) is 0 Å². The van der Waals surface area contributed by atoms with Crippen LogP contribution in [0, 0.1) is 0 Å². The lowest BCUT2D eigenvalue weighted by atomic mass is 10.2. The Labute approximate surface area is 176 Å². The number of hydrogen-bond donors (Lipinski definition) is 2. The Morgan fingerprint density at radius 1 is 0.962 bits per heavy atom. The topological polar surface area (TPSA) is 55.4 Å². The van der Waals surface area contributed by atoms with Crippen LogP contribution in [0.2, 0.25) is 0 Å². The molecule has 2 N–H and O–H groups in total. The third-order valence-corrected chi connectivity index (χ3v) is 5.25. The van der Waals surface area contributed by atoms with E-state index in [0.717, 1.165) is 78.1 Å². The molecule has 8 heteroatoms. The second-order valence-electron chi connectivity index (χ2n) is 7.29. The van der Waals surface area contributed by atoms with Crippen molar-refractivity contribution in [1.82, 2.24) is 25.3 Å². The van der Waals surface area contributed by atoms with Gasteiger partial charge in [0.1, 0.15) is 0 Å². The number of halogens is 1. The molecule has 0 aromatic carbocycles. The molecule has 2 atom stereocenters. The molecule has 7 nitrogen and oxygen atoms in total. The van der Waals surface area contributed by atoms with Crippen LogP contribution in [0.4, 0.5) is 0 Å². The van der Waals surface area contributed by atoms with E-state index in [9.17, 15) is 0 Å². The van der Waals surface area contributed by atoms with Gasteiger partial charge in [-0.3, -0.25) is 14.8 Å². The first-order valence-corrected chi connectivity index (χ1v) is 9.86. The van der Waals surface area contributed by atoms with Gasteiger partial charge in [0, 0.05) is 64.4 Å². The van der Waals surface area contributed by atoms with Crippen LogP contribution >= 0.6 is 24.0 Å². The summed E-state index contributed by atoms with van der Waals surface area (Å²) in [5.74, 6) is 0.934. The zero-order valence-electron chi connectivity index (χ0n) is 17.0. The maximum Gasteiger partial charge on any atom is 0.191 e. The molecular weight excluding hydrogens is 443 g/mol. The van der Waals surface area contributed by atoms with Gasteiger partial charge in [-0.1, -0.05) is 0 Å². The molecule has 2 aliphatic rings. The van der Waals surface area contributed by atoms with Crippen molar-refractivity contribution in [2.75, 3.05) is 79.2 Å². The molecular formula is C18H39IN6O. The normalized spacial score (nSPS) is 23.2. The minimum Gasteiger partial charge on any atom is -0.379 e. The van der Waals surface area contributed by atoms with Crippen LogP contribution in [0.15, 0.2) is 4.99 Å². The zero-order chi connectivity index (χ0) is 18.1. The molecule has 2 unspecified atom stereocenters. The number of likely N-dealkylation sites (N-methyl/N-ethyl adjacent to an activating group) is 1. The molecule has 0 radical (unpaired) electrons. The van der Waals surface area contributed by atoms with Gasteiger partial charge in [0.2, 0.25) is 0 Å². The first-order valence-electron chi connectivity index (χ1n) is 9.86. The molecule has 0 aromatic rings. The Hall–Kier alpha value is -0.160. The number of rotatable bonds is 7. The van der Waals surface area contributed by atoms with Crippen molar-refractivity contribution in [3.63, 3.8) is 0 Å². The molecule has 0 saturated carbocycles. The van der Waals surface area contributed by atoms with Gasteiger partial charge in [-0.05, 0) is 27.8 Å². The largest absolute Gasteiger partial charge is 0.379 e. The molecule has 2 saturated heterocycles. The van der Waals surface area contributed by atoms with Crippen molar-refractivity contribution in [2.45, 2.75) is 32.9 Å². The maximum atomic E-state index is 5.43. The highest BCUT2D eigenvalue weighted by molar-refractivity contribution is 14.0. The van der Waals surface area contributed by atoms with E-state index >= 15 is 0 Å². The molecule has 0 amide bonds. The van der Waals surface area contributed by atoms with Gasteiger partial charge < -0.3 is 20.3 Å². The molecule has 26 heavy (non-hydrogen) atoms. The molecule has 2 fully saturated rings. The van der Waals surface area contributed by atoms with Gasteiger partial charge in [-0.15, -0.1) is 24.0 Å².